The van der Waals surface area contributed by atoms with Crippen LogP contribution in [0.15, 0.2) is 42.0 Å². The van der Waals surface area contributed by atoms with Crippen LogP contribution in [0.5, 0.6) is 0 Å². The van der Waals surface area contributed by atoms with Gasteiger partial charge in [-0.3, -0.25) is 9.59 Å². The average Bonchev–Trinajstić information content (AvgIpc) is 3.22. The number of carbonyl (C=O) groups is 2. The average molecular weight is 335 g/mol. The van der Waals surface area contributed by atoms with Gasteiger partial charge in [0.15, 0.2) is 11.6 Å². The fourth-order valence-electron chi connectivity index (χ4n) is 3.60. The third-order valence-electron chi connectivity index (χ3n) is 4.99. The maximum absolute atomic E-state index is 14.6. The number of fused-ring (bicyclic) bond motifs is 1. The molecule has 3 nitrogen and oxygen atoms in total. The van der Waals surface area contributed by atoms with Crippen molar-refractivity contribution in [2.24, 2.45) is 0 Å². The van der Waals surface area contributed by atoms with E-state index in [4.69, 9.17) is 0 Å². The number of carbonyl (C=O) groups excluding carboxylic acids is 2. The number of nitrogens with zero attached hydrogens (tertiary/aromatic N) is 1. The Morgan fingerprint density at radius 1 is 1.00 bits per heavy atom. The second kappa shape index (κ2) is 5.96. The summed E-state index contributed by atoms with van der Waals surface area (Å²) in [6.45, 7) is 3.61. The molecule has 0 atom stereocenters. The highest BCUT2D eigenvalue weighted by Gasteiger charge is 2.32. The summed E-state index contributed by atoms with van der Waals surface area (Å²) in [5, 5.41) is 0. The predicted molar refractivity (Wildman–Crippen MR) is 95.7 cm³/mol. The summed E-state index contributed by atoms with van der Waals surface area (Å²) < 4.78 is 14.6. The molecule has 0 amide bonds. The predicted octanol–water partition coefficient (Wildman–Crippen LogP) is 4.20. The first-order valence-corrected chi connectivity index (χ1v) is 8.51. The van der Waals surface area contributed by atoms with Crippen LogP contribution < -0.4 is 4.90 Å². The Hall–Kier alpha value is -2.75. The summed E-state index contributed by atoms with van der Waals surface area (Å²) >= 11 is 0. The molecule has 2 aromatic carbocycles. The van der Waals surface area contributed by atoms with Crippen LogP contribution in [0.2, 0.25) is 0 Å². The van der Waals surface area contributed by atoms with E-state index in [1.807, 2.05) is 17.9 Å². The molecule has 1 heterocycles. The van der Waals surface area contributed by atoms with E-state index in [2.05, 4.69) is 0 Å². The molecule has 1 aliphatic heterocycles. The zero-order chi connectivity index (χ0) is 17.6. The Kier molecular flexibility index (Phi) is 3.75. The number of allylic oxidation sites excluding steroid dienone is 1. The number of hydrogen-bond acceptors (Lipinski definition) is 3. The zero-order valence-corrected chi connectivity index (χ0v) is 14.0. The minimum absolute atomic E-state index is 0.109. The summed E-state index contributed by atoms with van der Waals surface area (Å²) in [7, 11) is 0. The van der Waals surface area contributed by atoms with Crippen molar-refractivity contribution in [3.8, 4) is 0 Å². The number of benzene rings is 2. The van der Waals surface area contributed by atoms with Crippen molar-refractivity contribution in [2.45, 2.75) is 19.8 Å². The second-order valence-electron chi connectivity index (χ2n) is 6.62. The smallest absolute Gasteiger partial charge is 0.197 e. The lowest BCUT2D eigenvalue weighted by atomic mass is 10.0. The zero-order valence-electron chi connectivity index (χ0n) is 14.0. The van der Waals surface area contributed by atoms with Gasteiger partial charge in [-0.25, -0.2) is 4.39 Å². The molecule has 0 aromatic heterocycles. The number of aryl methyl sites for hydroxylation is 1. The molecule has 2 aromatic rings. The molecule has 0 bridgehead atoms. The molecule has 4 heteroatoms. The van der Waals surface area contributed by atoms with Crippen LogP contribution in [0.1, 0.15) is 44.7 Å². The Bertz CT molecular complexity index is 886. The van der Waals surface area contributed by atoms with Crippen LogP contribution in [0.4, 0.5) is 10.1 Å². The fourth-order valence-corrected chi connectivity index (χ4v) is 3.60. The van der Waals surface area contributed by atoms with E-state index in [9.17, 15) is 14.0 Å². The summed E-state index contributed by atoms with van der Waals surface area (Å²) in [5.41, 5.74) is 2.98. The molecule has 0 radical (unpaired) electrons. The van der Waals surface area contributed by atoms with Crippen LogP contribution in [-0.2, 0) is 0 Å². The van der Waals surface area contributed by atoms with E-state index in [1.54, 1.807) is 24.3 Å². The quantitative estimate of drug-likeness (QED) is 0.610. The Morgan fingerprint density at radius 2 is 1.60 bits per heavy atom. The highest BCUT2D eigenvalue weighted by atomic mass is 19.1. The van der Waals surface area contributed by atoms with Crippen LogP contribution in [0.3, 0.4) is 0 Å². The molecule has 4 rings (SSSR count). The van der Waals surface area contributed by atoms with Gasteiger partial charge in [-0.1, -0.05) is 24.3 Å². The molecule has 1 fully saturated rings. The molecule has 1 aliphatic carbocycles. The number of hydrogen-bond donors (Lipinski definition) is 0. The third kappa shape index (κ3) is 2.58. The van der Waals surface area contributed by atoms with Gasteiger partial charge >= 0.3 is 0 Å². The van der Waals surface area contributed by atoms with Gasteiger partial charge in [0, 0.05) is 24.2 Å². The first-order chi connectivity index (χ1) is 12.1. The number of ketones is 2. The highest BCUT2D eigenvalue weighted by molar-refractivity contribution is 6.41. The molecule has 1 saturated heterocycles. The van der Waals surface area contributed by atoms with Gasteiger partial charge in [0.25, 0.3) is 0 Å². The van der Waals surface area contributed by atoms with Crippen LogP contribution in [0, 0.1) is 12.7 Å². The largest absolute Gasteiger partial charge is 0.369 e. The monoisotopic (exact) mass is 335 g/mol. The standard InChI is InChI=1S/C21H18FNO2/c1-13-10-19(23-8-4-5-9-23)18(22)12-14(13)11-17-20(24)15-6-2-3-7-16(15)21(17)25/h2-3,6-7,10-12H,4-5,8-9H2,1H3. The normalized spacial score (nSPS) is 16.6. The first-order valence-electron chi connectivity index (χ1n) is 8.51. The Balaban J connectivity index is 1.74. The van der Waals surface area contributed by atoms with Crippen molar-refractivity contribution in [1.29, 1.82) is 0 Å². The summed E-state index contributed by atoms with van der Waals surface area (Å²) in [6, 6.07) is 10.0. The molecule has 0 N–H and O–H groups in total. The van der Waals surface area contributed by atoms with E-state index < -0.39 is 0 Å². The maximum atomic E-state index is 14.6. The minimum atomic E-state index is -0.310. The van der Waals surface area contributed by atoms with Gasteiger partial charge in [0.2, 0.25) is 0 Å². The van der Waals surface area contributed by atoms with E-state index in [0.717, 1.165) is 31.5 Å². The summed E-state index contributed by atoms with van der Waals surface area (Å²) in [5.74, 6) is -0.886. The SMILES string of the molecule is Cc1cc(N2CCCC2)c(F)cc1C=C1C(=O)c2ccccc2C1=O. The molecule has 2 aliphatic rings. The molecule has 0 saturated carbocycles. The van der Waals surface area contributed by atoms with Gasteiger partial charge < -0.3 is 4.90 Å². The lowest BCUT2D eigenvalue weighted by Gasteiger charge is -2.19. The summed E-state index contributed by atoms with van der Waals surface area (Å²) in [6.07, 6.45) is 3.67. The lowest BCUT2D eigenvalue weighted by molar-refractivity contribution is 0.0990. The summed E-state index contributed by atoms with van der Waals surface area (Å²) in [4.78, 5) is 27.0. The molecular formula is C21H18FNO2. The van der Waals surface area contributed by atoms with Gasteiger partial charge in [-0.05, 0) is 49.1 Å². The number of Topliss-reactive ketones (excluding diaryl/α,β-unsaturated/α-hetero) is 2. The van der Waals surface area contributed by atoms with E-state index >= 15 is 0 Å². The third-order valence-corrected chi connectivity index (χ3v) is 4.99. The second-order valence-corrected chi connectivity index (χ2v) is 6.62. The van der Waals surface area contributed by atoms with Crippen LogP contribution in [0.25, 0.3) is 6.08 Å². The Labute approximate surface area is 145 Å². The van der Waals surface area contributed by atoms with Crippen molar-refractivity contribution >= 4 is 23.3 Å². The molecule has 0 unspecified atom stereocenters. The van der Waals surface area contributed by atoms with Crippen molar-refractivity contribution in [3.63, 3.8) is 0 Å². The highest BCUT2D eigenvalue weighted by Crippen LogP contribution is 2.31. The number of rotatable bonds is 2. The topological polar surface area (TPSA) is 37.4 Å². The molecule has 25 heavy (non-hydrogen) atoms. The minimum Gasteiger partial charge on any atom is -0.369 e. The van der Waals surface area contributed by atoms with Crippen molar-refractivity contribution in [3.05, 3.63) is 70.0 Å². The van der Waals surface area contributed by atoms with Crippen LogP contribution in [-0.4, -0.2) is 24.7 Å². The molecular weight excluding hydrogens is 317 g/mol. The van der Waals surface area contributed by atoms with Crippen molar-refractivity contribution in [1.82, 2.24) is 0 Å². The van der Waals surface area contributed by atoms with Crippen molar-refractivity contribution < 1.29 is 14.0 Å². The van der Waals surface area contributed by atoms with E-state index in [0.29, 0.717) is 22.4 Å². The first kappa shape index (κ1) is 15.8. The van der Waals surface area contributed by atoms with Crippen LogP contribution >= 0.6 is 0 Å². The van der Waals surface area contributed by atoms with Gasteiger partial charge in [-0.2, -0.15) is 0 Å². The number of anilines is 1. The van der Waals surface area contributed by atoms with E-state index in [-0.39, 0.29) is 23.0 Å². The molecule has 126 valence electrons. The molecule has 0 spiro atoms. The fraction of sp³-hybridized carbons (Fsp3) is 0.238. The van der Waals surface area contributed by atoms with Gasteiger partial charge in [0.1, 0.15) is 5.82 Å². The Morgan fingerprint density at radius 3 is 2.20 bits per heavy atom. The van der Waals surface area contributed by atoms with Crippen molar-refractivity contribution in [2.75, 3.05) is 18.0 Å². The number of halogens is 1. The van der Waals surface area contributed by atoms with Gasteiger partial charge in [0.05, 0.1) is 11.3 Å². The maximum Gasteiger partial charge on any atom is 0.197 e. The lowest BCUT2D eigenvalue weighted by Crippen LogP contribution is -2.19. The van der Waals surface area contributed by atoms with Gasteiger partial charge in [-0.15, -0.1) is 0 Å². The van der Waals surface area contributed by atoms with E-state index in [1.165, 1.54) is 12.1 Å².